The van der Waals surface area contributed by atoms with Gasteiger partial charge in [-0.25, -0.2) is 0 Å². The fourth-order valence-corrected chi connectivity index (χ4v) is 2.56. The standard InChI is InChI=1S/C16H17N5O3/c1-17-14(22)11-4-2-3-10(7-11)8-19-15(23)12-9-20-21-6-5-18-16(24)13(12)21/h2-4,7,9H,5-6,8H2,1H3,(H,17,22)(H,18,24)(H,19,23). The molecular weight excluding hydrogens is 310 g/mol. The molecule has 0 fully saturated rings. The summed E-state index contributed by atoms with van der Waals surface area (Å²) in [7, 11) is 1.56. The zero-order chi connectivity index (χ0) is 17.1. The van der Waals surface area contributed by atoms with E-state index in [1.807, 2.05) is 6.07 Å². The molecule has 24 heavy (non-hydrogen) atoms. The minimum absolute atomic E-state index is 0.189. The molecule has 3 N–H and O–H groups in total. The number of benzene rings is 1. The summed E-state index contributed by atoms with van der Waals surface area (Å²) in [5.74, 6) is -0.866. The zero-order valence-corrected chi connectivity index (χ0v) is 13.1. The molecule has 0 spiro atoms. The molecule has 0 saturated heterocycles. The second kappa shape index (κ2) is 6.53. The Bertz CT molecular complexity index is 812. The van der Waals surface area contributed by atoms with Crippen LogP contribution in [-0.2, 0) is 13.1 Å². The second-order valence-electron chi connectivity index (χ2n) is 5.35. The van der Waals surface area contributed by atoms with Crippen LogP contribution in [-0.4, -0.2) is 41.1 Å². The van der Waals surface area contributed by atoms with Crippen molar-refractivity contribution in [3.05, 3.63) is 52.8 Å². The molecule has 3 rings (SSSR count). The monoisotopic (exact) mass is 327 g/mol. The summed E-state index contributed by atoms with van der Waals surface area (Å²) < 4.78 is 1.53. The van der Waals surface area contributed by atoms with Crippen LogP contribution < -0.4 is 16.0 Å². The number of fused-ring (bicyclic) bond motifs is 1. The van der Waals surface area contributed by atoms with Crippen molar-refractivity contribution in [1.82, 2.24) is 25.7 Å². The van der Waals surface area contributed by atoms with E-state index in [2.05, 4.69) is 21.0 Å². The summed E-state index contributed by atoms with van der Waals surface area (Å²) in [6, 6.07) is 6.97. The van der Waals surface area contributed by atoms with Crippen LogP contribution in [0.3, 0.4) is 0 Å². The molecule has 0 saturated carbocycles. The molecule has 8 heteroatoms. The molecule has 1 aromatic heterocycles. The Morgan fingerprint density at radius 3 is 2.96 bits per heavy atom. The van der Waals surface area contributed by atoms with Gasteiger partial charge in [0, 0.05) is 25.7 Å². The zero-order valence-electron chi connectivity index (χ0n) is 13.1. The molecule has 0 unspecified atom stereocenters. The number of nitrogens with one attached hydrogen (secondary N) is 3. The molecule has 3 amide bonds. The molecule has 0 aliphatic carbocycles. The lowest BCUT2D eigenvalue weighted by Gasteiger charge is -2.15. The van der Waals surface area contributed by atoms with Crippen molar-refractivity contribution in [3.63, 3.8) is 0 Å². The fourth-order valence-electron chi connectivity index (χ4n) is 2.56. The first-order valence-corrected chi connectivity index (χ1v) is 7.53. The van der Waals surface area contributed by atoms with Gasteiger partial charge in [0.15, 0.2) is 0 Å². The average molecular weight is 327 g/mol. The summed E-state index contributed by atoms with van der Waals surface area (Å²) in [6.07, 6.45) is 1.40. The number of carbonyl (C=O) groups is 3. The quantitative estimate of drug-likeness (QED) is 0.730. The highest BCUT2D eigenvalue weighted by atomic mass is 16.2. The number of aromatic nitrogens is 2. The molecule has 124 valence electrons. The second-order valence-corrected chi connectivity index (χ2v) is 5.35. The van der Waals surface area contributed by atoms with Crippen molar-refractivity contribution in [1.29, 1.82) is 0 Å². The minimum Gasteiger partial charge on any atom is -0.355 e. The highest BCUT2D eigenvalue weighted by Crippen LogP contribution is 2.12. The summed E-state index contributed by atoms with van der Waals surface area (Å²) in [5.41, 5.74) is 1.83. The van der Waals surface area contributed by atoms with Crippen LogP contribution in [0.2, 0.25) is 0 Å². The van der Waals surface area contributed by atoms with Gasteiger partial charge >= 0.3 is 0 Å². The van der Waals surface area contributed by atoms with Crippen LogP contribution in [0.25, 0.3) is 0 Å². The van der Waals surface area contributed by atoms with Gasteiger partial charge in [-0.1, -0.05) is 12.1 Å². The van der Waals surface area contributed by atoms with E-state index >= 15 is 0 Å². The smallest absolute Gasteiger partial charge is 0.270 e. The highest BCUT2D eigenvalue weighted by Gasteiger charge is 2.25. The molecule has 1 aliphatic rings. The van der Waals surface area contributed by atoms with Crippen molar-refractivity contribution in [2.45, 2.75) is 13.1 Å². The summed E-state index contributed by atoms with van der Waals surface area (Å²) >= 11 is 0. The first-order chi connectivity index (χ1) is 11.6. The number of amides is 3. The van der Waals surface area contributed by atoms with Crippen molar-refractivity contribution < 1.29 is 14.4 Å². The maximum absolute atomic E-state index is 12.3. The normalized spacial score (nSPS) is 13.0. The molecule has 8 nitrogen and oxygen atoms in total. The van der Waals surface area contributed by atoms with Crippen molar-refractivity contribution in [3.8, 4) is 0 Å². The Balaban J connectivity index is 1.72. The van der Waals surface area contributed by atoms with Crippen LogP contribution in [0.4, 0.5) is 0 Å². The van der Waals surface area contributed by atoms with E-state index in [1.54, 1.807) is 25.2 Å². The summed E-state index contributed by atoms with van der Waals surface area (Å²) in [6.45, 7) is 1.29. The van der Waals surface area contributed by atoms with Gasteiger partial charge in [0.05, 0.1) is 18.3 Å². The van der Waals surface area contributed by atoms with Crippen LogP contribution >= 0.6 is 0 Å². The third-order valence-electron chi connectivity index (χ3n) is 3.78. The third-order valence-corrected chi connectivity index (χ3v) is 3.78. The van der Waals surface area contributed by atoms with Crippen LogP contribution in [0, 0.1) is 0 Å². The molecule has 0 bridgehead atoms. The Morgan fingerprint density at radius 1 is 1.33 bits per heavy atom. The van der Waals surface area contributed by atoms with E-state index in [0.717, 1.165) is 5.56 Å². The third kappa shape index (κ3) is 2.98. The van der Waals surface area contributed by atoms with Crippen LogP contribution in [0.5, 0.6) is 0 Å². The maximum atomic E-state index is 12.3. The van der Waals surface area contributed by atoms with Gasteiger partial charge in [-0.15, -0.1) is 0 Å². The number of nitrogens with zero attached hydrogens (tertiary/aromatic N) is 2. The van der Waals surface area contributed by atoms with E-state index in [9.17, 15) is 14.4 Å². The van der Waals surface area contributed by atoms with Crippen LogP contribution in [0.1, 0.15) is 36.8 Å². The van der Waals surface area contributed by atoms with Gasteiger partial charge < -0.3 is 16.0 Å². The Kier molecular flexibility index (Phi) is 4.28. The van der Waals surface area contributed by atoms with E-state index < -0.39 is 0 Å². The maximum Gasteiger partial charge on any atom is 0.270 e. The number of carbonyl (C=O) groups excluding carboxylic acids is 3. The lowest BCUT2D eigenvalue weighted by Crippen LogP contribution is -2.37. The minimum atomic E-state index is -0.376. The Hall–Kier alpha value is -3.16. The van der Waals surface area contributed by atoms with E-state index in [1.165, 1.54) is 10.9 Å². The van der Waals surface area contributed by atoms with Gasteiger partial charge in [0.2, 0.25) is 0 Å². The number of hydrogen-bond acceptors (Lipinski definition) is 4. The van der Waals surface area contributed by atoms with Gasteiger partial charge in [-0.3, -0.25) is 19.1 Å². The number of hydrogen-bond donors (Lipinski definition) is 3. The molecule has 0 atom stereocenters. The molecular formula is C16H17N5O3. The van der Waals surface area contributed by atoms with Crippen LogP contribution in [0.15, 0.2) is 30.5 Å². The predicted molar refractivity (Wildman–Crippen MR) is 85.6 cm³/mol. The van der Waals surface area contributed by atoms with Crippen molar-refractivity contribution in [2.75, 3.05) is 13.6 Å². The lowest BCUT2D eigenvalue weighted by atomic mass is 10.1. The molecule has 1 aliphatic heterocycles. The molecule has 2 aromatic rings. The van der Waals surface area contributed by atoms with Crippen molar-refractivity contribution >= 4 is 17.7 Å². The lowest BCUT2D eigenvalue weighted by molar-refractivity contribution is 0.0898. The SMILES string of the molecule is CNC(=O)c1cccc(CNC(=O)c2cnn3c2C(=O)NCC3)c1. The van der Waals surface area contributed by atoms with Gasteiger partial charge in [-0.2, -0.15) is 5.10 Å². The molecule has 2 heterocycles. The van der Waals surface area contributed by atoms with Gasteiger partial charge in [0.25, 0.3) is 17.7 Å². The Morgan fingerprint density at radius 2 is 2.17 bits per heavy atom. The molecule has 0 radical (unpaired) electrons. The largest absolute Gasteiger partial charge is 0.355 e. The van der Waals surface area contributed by atoms with Gasteiger partial charge in [-0.05, 0) is 17.7 Å². The van der Waals surface area contributed by atoms with Crippen molar-refractivity contribution in [2.24, 2.45) is 0 Å². The predicted octanol–water partition coefficient (Wildman–Crippen LogP) is -0.0839. The van der Waals surface area contributed by atoms with Gasteiger partial charge in [0.1, 0.15) is 5.69 Å². The van der Waals surface area contributed by atoms with E-state index in [4.69, 9.17) is 0 Å². The average Bonchev–Trinajstić information content (AvgIpc) is 3.05. The van der Waals surface area contributed by atoms with E-state index in [-0.39, 0.29) is 35.5 Å². The first kappa shape index (κ1) is 15.7. The topological polar surface area (TPSA) is 105 Å². The first-order valence-electron chi connectivity index (χ1n) is 7.53. The molecule has 1 aromatic carbocycles. The summed E-state index contributed by atoms with van der Waals surface area (Å²) in [5, 5.41) is 12.1. The Labute approximate surface area is 138 Å². The highest BCUT2D eigenvalue weighted by molar-refractivity contribution is 6.06. The number of rotatable bonds is 4. The van der Waals surface area contributed by atoms with E-state index in [0.29, 0.717) is 18.7 Å². The summed E-state index contributed by atoms with van der Waals surface area (Å²) in [4.78, 5) is 35.9. The fraction of sp³-hybridized carbons (Fsp3) is 0.250.